The molecule has 3 rings (SSSR count). The van der Waals surface area contributed by atoms with E-state index in [0.29, 0.717) is 17.9 Å². The van der Waals surface area contributed by atoms with Crippen molar-refractivity contribution in [3.05, 3.63) is 65.2 Å². The molecule has 1 fully saturated rings. The Labute approximate surface area is 177 Å². The number of nitrogens with zero attached hydrogens (tertiary/aromatic N) is 2. The normalized spacial score (nSPS) is 14.9. The Bertz CT molecular complexity index is 842. The Morgan fingerprint density at radius 1 is 1.21 bits per heavy atom. The molecule has 1 atom stereocenters. The van der Waals surface area contributed by atoms with Crippen LogP contribution in [-0.4, -0.2) is 43.3 Å². The third-order valence-electron chi connectivity index (χ3n) is 5.16. The SMILES string of the molecule is COc1ccccc1C(CNC(=O)CSCc1ccc(C#N)cc1)N1CCCC1. The van der Waals surface area contributed by atoms with Crippen LogP contribution in [0.1, 0.15) is 35.6 Å². The zero-order valence-electron chi connectivity index (χ0n) is 16.8. The van der Waals surface area contributed by atoms with E-state index in [9.17, 15) is 4.79 Å². The fourth-order valence-corrected chi connectivity index (χ4v) is 4.45. The number of nitriles is 1. The van der Waals surface area contributed by atoms with E-state index in [-0.39, 0.29) is 11.9 Å². The van der Waals surface area contributed by atoms with Crippen LogP contribution in [0.25, 0.3) is 0 Å². The number of amides is 1. The molecule has 0 spiro atoms. The number of rotatable bonds is 9. The summed E-state index contributed by atoms with van der Waals surface area (Å²) in [5, 5.41) is 12.0. The van der Waals surface area contributed by atoms with E-state index in [1.807, 2.05) is 42.5 Å². The van der Waals surface area contributed by atoms with Crippen LogP contribution in [0.3, 0.4) is 0 Å². The number of hydrogen-bond donors (Lipinski definition) is 1. The first-order chi connectivity index (χ1) is 14.2. The highest BCUT2D eigenvalue weighted by Crippen LogP contribution is 2.31. The first kappa shape index (κ1) is 21.2. The summed E-state index contributed by atoms with van der Waals surface area (Å²) < 4.78 is 5.56. The lowest BCUT2D eigenvalue weighted by Crippen LogP contribution is -2.37. The van der Waals surface area contributed by atoms with E-state index in [0.717, 1.165) is 35.7 Å². The largest absolute Gasteiger partial charge is 0.496 e. The molecule has 152 valence electrons. The summed E-state index contributed by atoms with van der Waals surface area (Å²) in [6.45, 7) is 2.68. The van der Waals surface area contributed by atoms with Gasteiger partial charge in [-0.05, 0) is 49.7 Å². The summed E-state index contributed by atoms with van der Waals surface area (Å²) in [6.07, 6.45) is 2.39. The van der Waals surface area contributed by atoms with Gasteiger partial charge in [0.05, 0.1) is 30.5 Å². The quantitative estimate of drug-likeness (QED) is 0.683. The molecule has 0 aromatic heterocycles. The second-order valence-corrected chi connectivity index (χ2v) is 8.09. The third kappa shape index (κ3) is 5.99. The molecule has 1 heterocycles. The summed E-state index contributed by atoms with van der Waals surface area (Å²) in [7, 11) is 1.69. The molecule has 1 aliphatic rings. The highest BCUT2D eigenvalue weighted by atomic mass is 32.2. The first-order valence-corrected chi connectivity index (χ1v) is 11.1. The van der Waals surface area contributed by atoms with E-state index < -0.39 is 0 Å². The average molecular weight is 410 g/mol. The summed E-state index contributed by atoms with van der Waals surface area (Å²) in [5.41, 5.74) is 2.90. The number of nitrogens with one attached hydrogen (secondary N) is 1. The van der Waals surface area contributed by atoms with Crippen LogP contribution < -0.4 is 10.1 Å². The van der Waals surface area contributed by atoms with Crippen molar-refractivity contribution in [2.45, 2.75) is 24.6 Å². The monoisotopic (exact) mass is 409 g/mol. The minimum atomic E-state index is 0.0442. The third-order valence-corrected chi connectivity index (χ3v) is 6.16. The van der Waals surface area contributed by atoms with Crippen molar-refractivity contribution in [1.29, 1.82) is 5.26 Å². The summed E-state index contributed by atoms with van der Waals surface area (Å²) >= 11 is 1.58. The molecule has 5 nitrogen and oxygen atoms in total. The van der Waals surface area contributed by atoms with Crippen molar-refractivity contribution < 1.29 is 9.53 Å². The molecule has 6 heteroatoms. The van der Waals surface area contributed by atoms with Crippen molar-refractivity contribution in [2.24, 2.45) is 0 Å². The van der Waals surface area contributed by atoms with E-state index in [2.05, 4.69) is 22.4 Å². The van der Waals surface area contributed by atoms with Gasteiger partial charge in [0.2, 0.25) is 5.91 Å². The highest BCUT2D eigenvalue weighted by Gasteiger charge is 2.26. The van der Waals surface area contributed by atoms with Gasteiger partial charge in [0.25, 0.3) is 0 Å². The molecule has 0 radical (unpaired) electrons. The molecule has 2 aromatic rings. The van der Waals surface area contributed by atoms with Crippen molar-refractivity contribution in [2.75, 3.05) is 32.5 Å². The number of carbonyl (C=O) groups excluding carboxylic acids is 1. The fourth-order valence-electron chi connectivity index (χ4n) is 3.63. The van der Waals surface area contributed by atoms with Crippen LogP contribution in [0.4, 0.5) is 0 Å². The molecule has 1 amide bonds. The number of carbonyl (C=O) groups is 1. The van der Waals surface area contributed by atoms with Gasteiger partial charge in [0.1, 0.15) is 5.75 Å². The molecule has 2 aromatic carbocycles. The molecule has 0 bridgehead atoms. The van der Waals surface area contributed by atoms with Gasteiger partial charge >= 0.3 is 0 Å². The van der Waals surface area contributed by atoms with Gasteiger partial charge in [0.15, 0.2) is 0 Å². The summed E-state index contributed by atoms with van der Waals surface area (Å²) in [5.74, 6) is 2.08. The number of likely N-dealkylation sites (tertiary alicyclic amines) is 1. The van der Waals surface area contributed by atoms with Crippen molar-refractivity contribution in [1.82, 2.24) is 10.2 Å². The topological polar surface area (TPSA) is 65.4 Å². The zero-order valence-corrected chi connectivity index (χ0v) is 17.6. The maximum Gasteiger partial charge on any atom is 0.230 e. The number of ether oxygens (including phenoxy) is 1. The molecule has 29 heavy (non-hydrogen) atoms. The van der Waals surface area contributed by atoms with Gasteiger partial charge in [0, 0.05) is 17.9 Å². The second kappa shape index (κ2) is 10.9. The van der Waals surface area contributed by atoms with Crippen LogP contribution >= 0.6 is 11.8 Å². The van der Waals surface area contributed by atoms with Crippen LogP contribution in [-0.2, 0) is 10.5 Å². The lowest BCUT2D eigenvalue weighted by molar-refractivity contribution is -0.118. The van der Waals surface area contributed by atoms with Crippen molar-refractivity contribution in [3.63, 3.8) is 0 Å². The van der Waals surface area contributed by atoms with Gasteiger partial charge in [-0.2, -0.15) is 5.26 Å². The molecule has 1 saturated heterocycles. The minimum absolute atomic E-state index is 0.0442. The van der Waals surface area contributed by atoms with E-state index in [1.165, 1.54) is 12.8 Å². The Morgan fingerprint density at radius 3 is 2.62 bits per heavy atom. The molecule has 1 aliphatic heterocycles. The predicted octanol–water partition coefficient (Wildman–Crippen LogP) is 3.75. The van der Waals surface area contributed by atoms with Gasteiger partial charge < -0.3 is 10.1 Å². The first-order valence-electron chi connectivity index (χ1n) is 9.91. The van der Waals surface area contributed by atoms with Crippen LogP contribution in [0.5, 0.6) is 5.75 Å². The average Bonchev–Trinajstić information content (AvgIpc) is 3.29. The summed E-state index contributed by atoms with van der Waals surface area (Å²) in [4.78, 5) is 14.8. The maximum atomic E-state index is 12.4. The maximum absolute atomic E-state index is 12.4. The second-order valence-electron chi connectivity index (χ2n) is 7.11. The summed E-state index contributed by atoms with van der Waals surface area (Å²) in [6, 6.07) is 17.8. The fraction of sp³-hybridized carbons (Fsp3) is 0.391. The van der Waals surface area contributed by atoms with E-state index in [1.54, 1.807) is 18.9 Å². The lowest BCUT2D eigenvalue weighted by Gasteiger charge is -2.29. The molecule has 1 N–H and O–H groups in total. The minimum Gasteiger partial charge on any atom is -0.496 e. The molecule has 0 saturated carbocycles. The van der Waals surface area contributed by atoms with E-state index >= 15 is 0 Å². The number of para-hydroxylation sites is 1. The van der Waals surface area contributed by atoms with Gasteiger partial charge in [-0.15, -0.1) is 11.8 Å². The zero-order chi connectivity index (χ0) is 20.5. The number of thioether (sulfide) groups is 1. The van der Waals surface area contributed by atoms with Crippen molar-refractivity contribution >= 4 is 17.7 Å². The number of hydrogen-bond acceptors (Lipinski definition) is 5. The standard InChI is InChI=1S/C23H27N3O2S/c1-28-22-7-3-2-6-20(22)21(26-12-4-5-13-26)15-25-23(27)17-29-16-19-10-8-18(14-24)9-11-19/h2-3,6-11,21H,4-5,12-13,15-17H2,1H3,(H,25,27). The Kier molecular flexibility index (Phi) is 7.97. The smallest absolute Gasteiger partial charge is 0.230 e. The van der Waals surface area contributed by atoms with Crippen LogP contribution in [0, 0.1) is 11.3 Å². The highest BCUT2D eigenvalue weighted by molar-refractivity contribution is 7.99. The Hall–Kier alpha value is -2.49. The molecular weight excluding hydrogens is 382 g/mol. The Balaban J connectivity index is 1.53. The lowest BCUT2D eigenvalue weighted by atomic mass is 10.0. The molecular formula is C23H27N3O2S. The van der Waals surface area contributed by atoms with E-state index in [4.69, 9.17) is 10.00 Å². The van der Waals surface area contributed by atoms with Crippen molar-refractivity contribution in [3.8, 4) is 11.8 Å². The molecule has 1 unspecified atom stereocenters. The predicted molar refractivity (Wildman–Crippen MR) is 117 cm³/mol. The molecule has 0 aliphatic carbocycles. The number of benzene rings is 2. The van der Waals surface area contributed by atoms with Gasteiger partial charge in [-0.1, -0.05) is 30.3 Å². The van der Waals surface area contributed by atoms with Crippen LogP contribution in [0.15, 0.2) is 48.5 Å². The van der Waals surface area contributed by atoms with Gasteiger partial charge in [-0.25, -0.2) is 0 Å². The van der Waals surface area contributed by atoms with Gasteiger partial charge in [-0.3, -0.25) is 9.69 Å². The Morgan fingerprint density at radius 2 is 1.93 bits per heavy atom. The number of methoxy groups -OCH3 is 1. The van der Waals surface area contributed by atoms with Crippen LogP contribution in [0.2, 0.25) is 0 Å².